The molecule has 0 saturated heterocycles. The maximum atomic E-state index is 8.70. The van der Waals surface area contributed by atoms with Crippen LogP contribution in [0.3, 0.4) is 0 Å². The van der Waals surface area contributed by atoms with Gasteiger partial charge >= 0.3 is 0 Å². The second kappa shape index (κ2) is 7.95. The first-order valence-electron chi connectivity index (χ1n) is 9.18. The van der Waals surface area contributed by atoms with Crippen LogP contribution in [0.1, 0.15) is 0 Å². The summed E-state index contributed by atoms with van der Waals surface area (Å²) in [5.41, 5.74) is 6.54. The van der Waals surface area contributed by atoms with E-state index in [1.165, 1.54) is 23.4 Å². The van der Waals surface area contributed by atoms with Gasteiger partial charge in [0.25, 0.3) is 0 Å². The number of methoxy groups -OCH3 is 4. The van der Waals surface area contributed by atoms with Crippen LogP contribution in [0.25, 0.3) is 11.4 Å². The Morgan fingerprint density at radius 3 is 1.39 bits per heavy atom. The van der Waals surface area contributed by atoms with Crippen molar-refractivity contribution in [2.75, 3.05) is 39.4 Å². The Morgan fingerprint density at radius 1 is 0.645 bits per heavy atom. The van der Waals surface area contributed by atoms with Gasteiger partial charge in [0.15, 0.2) is 45.6 Å². The minimum atomic E-state index is -0.0828. The molecule has 2 aromatic carbocycles. The molecule has 2 heterocycles. The average Bonchev–Trinajstić information content (AvgIpc) is 3.27. The summed E-state index contributed by atoms with van der Waals surface area (Å²) in [4.78, 5) is 5.23. The molecule has 11 nitrogen and oxygen atoms in total. The number of benzene rings is 2. The lowest BCUT2D eigenvalue weighted by atomic mass is 10.2. The Balaban J connectivity index is 1.96. The molecule has 0 spiro atoms. The van der Waals surface area contributed by atoms with Crippen LogP contribution in [0.15, 0.2) is 36.4 Å². The van der Waals surface area contributed by atoms with Crippen LogP contribution in [0, 0.1) is 10.8 Å². The third-order valence-electron chi connectivity index (χ3n) is 4.89. The van der Waals surface area contributed by atoms with E-state index >= 15 is 0 Å². The highest BCUT2D eigenvalue weighted by Crippen LogP contribution is 2.34. The zero-order valence-corrected chi connectivity index (χ0v) is 17.4. The molecule has 11 heteroatoms. The second-order valence-corrected chi connectivity index (χ2v) is 6.45. The van der Waals surface area contributed by atoms with Gasteiger partial charge < -0.3 is 18.9 Å². The van der Waals surface area contributed by atoms with E-state index in [-0.39, 0.29) is 11.0 Å². The number of aromatic nitrogens is 2. The van der Waals surface area contributed by atoms with Crippen molar-refractivity contribution in [2.45, 2.75) is 0 Å². The van der Waals surface area contributed by atoms with Crippen LogP contribution in [0.5, 0.6) is 23.0 Å². The summed E-state index contributed by atoms with van der Waals surface area (Å²) in [6, 6.07) is 10.4. The maximum Gasteiger partial charge on any atom is 0.182 e. The molecule has 1 aliphatic heterocycles. The van der Waals surface area contributed by atoms with Gasteiger partial charge in [-0.2, -0.15) is 4.94 Å². The maximum absolute atomic E-state index is 8.70. The van der Waals surface area contributed by atoms with Gasteiger partial charge in [-0.25, -0.2) is 11.0 Å². The summed E-state index contributed by atoms with van der Waals surface area (Å²) in [6.45, 7) is 0. The Kier molecular flexibility index (Phi) is 5.17. The zero-order valence-electron chi connectivity index (χ0n) is 17.4. The smallest absolute Gasteiger partial charge is 0.182 e. The number of nitrogens with one attached hydrogen (secondary N) is 4. The van der Waals surface area contributed by atoms with Crippen LogP contribution in [-0.4, -0.2) is 37.6 Å². The standard InChI is InChI=1S/C20H22N6O5/c1-27-13-7-5-11(9-15(13)29-3)25-17(21)18(22)26(20-19(25)23-31-24-20)12-6-8-14(28-2)16(10-12)30-4/h5-10,21-24H,1-4H3. The number of hydrogen-bond donors (Lipinski definition) is 4. The fourth-order valence-electron chi connectivity index (χ4n) is 3.40. The van der Waals surface area contributed by atoms with Crippen molar-refractivity contribution in [3.05, 3.63) is 47.4 Å². The predicted molar refractivity (Wildman–Crippen MR) is 111 cm³/mol. The molecule has 0 radical (unpaired) electrons. The summed E-state index contributed by atoms with van der Waals surface area (Å²) in [5, 5.41) is 17.4. The van der Waals surface area contributed by atoms with Crippen molar-refractivity contribution in [2.24, 2.45) is 0 Å². The Labute approximate surface area is 177 Å². The third kappa shape index (κ3) is 3.20. The lowest BCUT2D eigenvalue weighted by Crippen LogP contribution is -2.41. The molecule has 0 atom stereocenters. The number of rotatable bonds is 6. The van der Waals surface area contributed by atoms with E-state index in [1.54, 1.807) is 50.6 Å². The molecule has 162 valence electrons. The molecule has 31 heavy (non-hydrogen) atoms. The number of fused-ring (bicyclic) bond motifs is 1. The molecular formula is C20H22N6O5. The highest BCUT2D eigenvalue weighted by molar-refractivity contribution is 5.68. The van der Waals surface area contributed by atoms with Crippen molar-refractivity contribution in [1.29, 1.82) is 10.8 Å². The van der Waals surface area contributed by atoms with Crippen molar-refractivity contribution in [1.82, 2.24) is 9.13 Å². The molecule has 0 bridgehead atoms. The fourth-order valence-corrected chi connectivity index (χ4v) is 3.40. The van der Waals surface area contributed by atoms with Gasteiger partial charge in [-0.1, -0.05) is 0 Å². The van der Waals surface area contributed by atoms with E-state index in [0.29, 0.717) is 46.0 Å². The third-order valence-corrected chi connectivity index (χ3v) is 4.89. The second-order valence-electron chi connectivity index (χ2n) is 6.45. The SMILES string of the molecule is COc1ccc(-n2c3c(n(-c4ccc(OC)c(OC)c4)c(=N)c2=N)NON3)cc1OC. The van der Waals surface area contributed by atoms with Gasteiger partial charge in [-0.05, 0) is 24.3 Å². The number of anilines is 2. The normalized spacial score (nSPS) is 11.9. The van der Waals surface area contributed by atoms with E-state index in [0.717, 1.165) is 0 Å². The molecular weight excluding hydrogens is 404 g/mol. The summed E-state index contributed by atoms with van der Waals surface area (Å²) in [7, 11) is 6.17. The molecule has 4 rings (SSSR count). The number of nitrogens with zero attached hydrogens (tertiary/aromatic N) is 2. The minimum absolute atomic E-state index is 0.0828. The van der Waals surface area contributed by atoms with E-state index in [2.05, 4.69) is 11.0 Å². The molecule has 0 fully saturated rings. The molecule has 0 aliphatic carbocycles. The first-order valence-corrected chi connectivity index (χ1v) is 9.18. The van der Waals surface area contributed by atoms with Gasteiger partial charge in [-0.3, -0.25) is 20.0 Å². The Morgan fingerprint density at radius 2 is 1.03 bits per heavy atom. The molecule has 3 aromatic rings. The molecule has 4 N–H and O–H groups in total. The molecule has 1 aromatic heterocycles. The van der Waals surface area contributed by atoms with Crippen molar-refractivity contribution >= 4 is 11.6 Å². The minimum Gasteiger partial charge on any atom is -0.493 e. The van der Waals surface area contributed by atoms with Crippen LogP contribution in [0.4, 0.5) is 11.6 Å². The van der Waals surface area contributed by atoms with Gasteiger partial charge in [0.05, 0.1) is 39.8 Å². The monoisotopic (exact) mass is 426 g/mol. The van der Waals surface area contributed by atoms with Crippen molar-refractivity contribution < 1.29 is 23.9 Å². The summed E-state index contributed by atoms with van der Waals surface area (Å²) < 4.78 is 24.4. The lowest BCUT2D eigenvalue weighted by molar-refractivity contribution is 0.279. The first kappa shape index (κ1) is 20.2. The highest BCUT2D eigenvalue weighted by Gasteiger charge is 2.24. The lowest BCUT2D eigenvalue weighted by Gasteiger charge is -2.18. The first-order chi connectivity index (χ1) is 15.0. The van der Waals surface area contributed by atoms with E-state index in [9.17, 15) is 0 Å². The Hall–Kier alpha value is -4.12. The highest BCUT2D eigenvalue weighted by atomic mass is 16.8. The van der Waals surface area contributed by atoms with Gasteiger partial charge in [0.1, 0.15) is 0 Å². The van der Waals surface area contributed by atoms with Crippen LogP contribution in [0.2, 0.25) is 0 Å². The van der Waals surface area contributed by atoms with Crippen molar-refractivity contribution in [3.63, 3.8) is 0 Å². The number of ether oxygens (including phenoxy) is 4. The molecule has 0 amide bonds. The molecule has 0 unspecified atom stereocenters. The largest absolute Gasteiger partial charge is 0.493 e. The van der Waals surface area contributed by atoms with E-state index < -0.39 is 0 Å². The van der Waals surface area contributed by atoms with Crippen LogP contribution >= 0.6 is 0 Å². The molecule has 1 aliphatic rings. The number of hydrogen-bond acceptors (Lipinski definition) is 9. The summed E-state index contributed by atoms with van der Waals surface area (Å²) in [5.74, 6) is 2.97. The van der Waals surface area contributed by atoms with Crippen LogP contribution < -0.4 is 40.9 Å². The fraction of sp³-hybridized carbons (Fsp3) is 0.200. The van der Waals surface area contributed by atoms with E-state index in [1.807, 2.05) is 0 Å². The predicted octanol–water partition coefficient (Wildman–Crippen LogP) is 1.95. The summed E-state index contributed by atoms with van der Waals surface area (Å²) >= 11 is 0. The molecule has 0 saturated carbocycles. The Bertz CT molecular complexity index is 1170. The quantitative estimate of drug-likeness (QED) is 0.474. The van der Waals surface area contributed by atoms with Gasteiger partial charge in [0, 0.05) is 12.1 Å². The van der Waals surface area contributed by atoms with Gasteiger partial charge in [0.2, 0.25) is 0 Å². The topological polar surface area (TPSA) is 128 Å². The van der Waals surface area contributed by atoms with Crippen LogP contribution in [-0.2, 0) is 4.94 Å². The average molecular weight is 426 g/mol. The zero-order chi connectivity index (χ0) is 22.1. The van der Waals surface area contributed by atoms with E-state index in [4.69, 9.17) is 34.7 Å². The van der Waals surface area contributed by atoms with Crippen molar-refractivity contribution in [3.8, 4) is 34.4 Å². The van der Waals surface area contributed by atoms with Gasteiger partial charge in [-0.15, -0.1) is 0 Å². The summed E-state index contributed by atoms with van der Waals surface area (Å²) in [6.07, 6.45) is 0.